The first-order valence-corrected chi connectivity index (χ1v) is 15.6. The van der Waals surface area contributed by atoms with Crippen LogP contribution in [0.5, 0.6) is 0 Å². The lowest BCUT2D eigenvalue weighted by molar-refractivity contribution is 0.669. The number of fused-ring (bicyclic) bond motifs is 4. The molecule has 5 heteroatoms. The number of aryl methyl sites for hydroxylation is 3. The molecule has 0 atom stereocenters. The summed E-state index contributed by atoms with van der Waals surface area (Å²) in [7, 11) is -1.45. The Morgan fingerprint density at radius 2 is 1.54 bits per heavy atom. The van der Waals surface area contributed by atoms with E-state index >= 15 is 0 Å². The SMILES string of the molecule is Cc1nc(C)c2c(nc(-c3cccc4c3oc3cc([Si](C)(C)C)ccc34)n2-c2ccccc2)c1C. The average Bonchev–Trinajstić information content (AvgIpc) is 3.41. The summed E-state index contributed by atoms with van der Waals surface area (Å²) >= 11 is 0. The van der Waals surface area contributed by atoms with Crippen LogP contribution in [0.15, 0.2) is 71.1 Å². The summed E-state index contributed by atoms with van der Waals surface area (Å²) in [4.78, 5) is 10.1. The Hall–Kier alpha value is -3.70. The van der Waals surface area contributed by atoms with Crippen molar-refractivity contribution in [3.63, 3.8) is 0 Å². The Morgan fingerprint density at radius 1 is 0.771 bits per heavy atom. The molecule has 0 saturated carbocycles. The second-order valence-electron chi connectivity index (χ2n) is 10.5. The van der Waals surface area contributed by atoms with Gasteiger partial charge in [0.2, 0.25) is 0 Å². The van der Waals surface area contributed by atoms with Crippen LogP contribution in [0.1, 0.15) is 17.0 Å². The van der Waals surface area contributed by atoms with Crippen LogP contribution in [0.25, 0.3) is 50.0 Å². The summed E-state index contributed by atoms with van der Waals surface area (Å²) in [6.07, 6.45) is 0. The van der Waals surface area contributed by atoms with Gasteiger partial charge in [-0.2, -0.15) is 0 Å². The van der Waals surface area contributed by atoms with E-state index in [0.29, 0.717) is 0 Å². The average molecular weight is 476 g/mol. The minimum absolute atomic E-state index is 0.875. The maximum atomic E-state index is 6.60. The first-order chi connectivity index (χ1) is 16.7. The van der Waals surface area contributed by atoms with Crippen molar-refractivity contribution in [3.8, 4) is 17.1 Å². The second-order valence-corrected chi connectivity index (χ2v) is 15.5. The molecule has 0 aliphatic carbocycles. The highest BCUT2D eigenvalue weighted by atomic mass is 28.3. The van der Waals surface area contributed by atoms with Crippen molar-refractivity contribution in [3.05, 3.63) is 83.7 Å². The zero-order valence-corrected chi connectivity index (χ0v) is 22.1. The molecule has 4 nitrogen and oxygen atoms in total. The third kappa shape index (κ3) is 3.33. The van der Waals surface area contributed by atoms with Crippen molar-refractivity contribution in [2.45, 2.75) is 40.4 Å². The first-order valence-electron chi connectivity index (χ1n) is 12.1. The number of furan rings is 1. The van der Waals surface area contributed by atoms with Gasteiger partial charge in [-0.15, -0.1) is 0 Å². The lowest BCUT2D eigenvalue weighted by Gasteiger charge is -2.15. The Balaban J connectivity index is 1.72. The molecule has 3 aromatic heterocycles. The lowest BCUT2D eigenvalue weighted by atomic mass is 10.1. The molecule has 6 aromatic rings. The van der Waals surface area contributed by atoms with Gasteiger partial charge in [0.1, 0.15) is 17.0 Å². The summed E-state index contributed by atoms with van der Waals surface area (Å²) in [5, 5.41) is 3.67. The molecule has 0 amide bonds. The highest BCUT2D eigenvalue weighted by molar-refractivity contribution is 6.88. The van der Waals surface area contributed by atoms with Gasteiger partial charge in [0.25, 0.3) is 0 Å². The summed E-state index contributed by atoms with van der Waals surface area (Å²) in [6.45, 7) is 13.3. The molecule has 0 bridgehead atoms. The third-order valence-electron chi connectivity index (χ3n) is 7.07. The molecule has 0 unspecified atom stereocenters. The maximum Gasteiger partial charge on any atom is 0.149 e. The van der Waals surface area contributed by atoms with Crippen LogP contribution in [0.2, 0.25) is 19.6 Å². The Morgan fingerprint density at radius 3 is 2.29 bits per heavy atom. The lowest BCUT2D eigenvalue weighted by Crippen LogP contribution is -2.37. The molecular formula is C30H29N3OSi. The smallest absolute Gasteiger partial charge is 0.149 e. The molecular weight excluding hydrogens is 446 g/mol. The van der Waals surface area contributed by atoms with Crippen LogP contribution in [0.4, 0.5) is 0 Å². The number of nitrogens with zero attached hydrogens (tertiary/aromatic N) is 3. The summed E-state index contributed by atoms with van der Waals surface area (Å²) in [5.41, 5.74) is 9.01. The number of hydrogen-bond acceptors (Lipinski definition) is 3. The third-order valence-corrected chi connectivity index (χ3v) is 9.12. The molecule has 0 spiro atoms. The monoisotopic (exact) mass is 475 g/mol. The van der Waals surface area contributed by atoms with Gasteiger partial charge in [-0.3, -0.25) is 9.55 Å². The number of para-hydroxylation sites is 2. The van der Waals surface area contributed by atoms with E-state index in [0.717, 1.165) is 67.0 Å². The van der Waals surface area contributed by atoms with E-state index in [-0.39, 0.29) is 0 Å². The summed E-state index contributed by atoms with van der Waals surface area (Å²) in [5.74, 6) is 0.875. The fourth-order valence-corrected chi connectivity index (χ4v) is 6.17. The van der Waals surface area contributed by atoms with Crippen molar-refractivity contribution in [2.75, 3.05) is 0 Å². The van der Waals surface area contributed by atoms with Gasteiger partial charge in [0, 0.05) is 22.2 Å². The molecule has 0 aliphatic rings. The molecule has 174 valence electrons. The second kappa shape index (κ2) is 7.65. The van der Waals surface area contributed by atoms with E-state index < -0.39 is 8.07 Å². The molecule has 0 radical (unpaired) electrons. The van der Waals surface area contributed by atoms with Crippen LogP contribution in [0.3, 0.4) is 0 Å². The molecule has 0 saturated heterocycles. The van der Waals surface area contributed by atoms with Gasteiger partial charge in [0.05, 0.1) is 30.4 Å². The highest BCUT2D eigenvalue weighted by Crippen LogP contribution is 2.38. The number of imidazole rings is 1. The van der Waals surface area contributed by atoms with Crippen LogP contribution >= 0.6 is 0 Å². The molecule has 35 heavy (non-hydrogen) atoms. The van der Waals surface area contributed by atoms with Crippen molar-refractivity contribution in [2.24, 2.45) is 0 Å². The zero-order chi connectivity index (χ0) is 24.5. The van der Waals surface area contributed by atoms with Gasteiger partial charge < -0.3 is 4.42 Å². The van der Waals surface area contributed by atoms with E-state index in [4.69, 9.17) is 14.4 Å². The summed E-state index contributed by atoms with van der Waals surface area (Å²) in [6, 6.07) is 23.5. The Labute approximate surface area is 206 Å². The molecule has 3 aromatic carbocycles. The van der Waals surface area contributed by atoms with Crippen LogP contribution in [-0.2, 0) is 0 Å². The van der Waals surface area contributed by atoms with Crippen LogP contribution < -0.4 is 5.19 Å². The summed E-state index contributed by atoms with van der Waals surface area (Å²) < 4.78 is 8.83. The number of rotatable bonds is 3. The van der Waals surface area contributed by atoms with Gasteiger partial charge in [-0.25, -0.2) is 4.98 Å². The number of benzene rings is 3. The fourth-order valence-electron chi connectivity index (χ4n) is 5.03. The normalized spacial score (nSPS) is 12.3. The van der Waals surface area contributed by atoms with Crippen molar-refractivity contribution in [1.29, 1.82) is 0 Å². The molecule has 0 N–H and O–H groups in total. The molecule has 3 heterocycles. The van der Waals surface area contributed by atoms with E-state index in [9.17, 15) is 0 Å². The Kier molecular flexibility index (Phi) is 4.77. The number of aromatic nitrogens is 3. The quantitative estimate of drug-likeness (QED) is 0.250. The zero-order valence-electron chi connectivity index (χ0n) is 21.1. The Bertz CT molecular complexity index is 1750. The van der Waals surface area contributed by atoms with Gasteiger partial charge >= 0.3 is 0 Å². The first kappa shape index (κ1) is 21.8. The minimum atomic E-state index is -1.45. The van der Waals surface area contributed by atoms with Crippen molar-refractivity contribution >= 4 is 46.2 Å². The van der Waals surface area contributed by atoms with E-state index in [2.05, 4.69) is 106 Å². The highest BCUT2D eigenvalue weighted by Gasteiger charge is 2.23. The van der Waals surface area contributed by atoms with E-state index in [1.165, 1.54) is 5.19 Å². The fraction of sp³-hybridized carbons (Fsp3) is 0.200. The topological polar surface area (TPSA) is 43.9 Å². The molecule has 0 fully saturated rings. The molecule has 6 rings (SSSR count). The van der Waals surface area contributed by atoms with E-state index in [1.807, 2.05) is 6.07 Å². The predicted molar refractivity (Wildman–Crippen MR) is 149 cm³/mol. The van der Waals surface area contributed by atoms with Crippen molar-refractivity contribution in [1.82, 2.24) is 14.5 Å². The van der Waals surface area contributed by atoms with E-state index in [1.54, 1.807) is 0 Å². The number of hydrogen-bond donors (Lipinski definition) is 0. The molecule has 0 aliphatic heterocycles. The minimum Gasteiger partial charge on any atom is -0.455 e. The van der Waals surface area contributed by atoms with Crippen LogP contribution in [0, 0.1) is 20.8 Å². The van der Waals surface area contributed by atoms with Crippen LogP contribution in [-0.4, -0.2) is 22.6 Å². The van der Waals surface area contributed by atoms with Crippen molar-refractivity contribution < 1.29 is 4.42 Å². The predicted octanol–water partition coefficient (Wildman–Crippen LogP) is 7.46. The van der Waals surface area contributed by atoms with Gasteiger partial charge in [-0.1, -0.05) is 67.3 Å². The largest absolute Gasteiger partial charge is 0.455 e. The maximum absolute atomic E-state index is 6.60. The number of pyridine rings is 1. The van der Waals surface area contributed by atoms with Gasteiger partial charge in [0.15, 0.2) is 0 Å². The standard InChI is InChI=1S/C30H29N3OSi/c1-18-19(2)31-20(3)28-27(18)32-30(33(28)21-11-8-7-9-12-21)25-14-10-13-24-23-16-15-22(35(4,5)6)17-26(23)34-29(24)25/h7-17H,1-6H3. The van der Waals surface area contributed by atoms with Gasteiger partial charge in [-0.05, 0) is 50.6 Å².